The van der Waals surface area contributed by atoms with Crippen molar-refractivity contribution in [1.29, 1.82) is 0 Å². The fraction of sp³-hybridized carbons (Fsp3) is 0.125. The summed E-state index contributed by atoms with van der Waals surface area (Å²) < 4.78 is 2.15. The van der Waals surface area contributed by atoms with Gasteiger partial charge in [0.15, 0.2) is 10.9 Å². The van der Waals surface area contributed by atoms with Crippen molar-refractivity contribution in [2.45, 2.75) is 24.8 Å². The first kappa shape index (κ1) is 25.7. The van der Waals surface area contributed by atoms with Crippen molar-refractivity contribution in [3.8, 4) is 39.6 Å². The van der Waals surface area contributed by atoms with E-state index in [1.165, 1.54) is 0 Å². The monoisotopic (exact) mass is 573 g/mol. The highest BCUT2D eigenvalue weighted by atomic mass is 32.1. The molecule has 0 radical (unpaired) electrons. The van der Waals surface area contributed by atoms with E-state index in [0.29, 0.717) is 0 Å². The topological polar surface area (TPSA) is 130 Å². The highest BCUT2D eigenvalue weighted by molar-refractivity contribution is 7.80. The number of carboxylic acid groups (broad SMARTS) is 1. The maximum absolute atomic E-state index is 11.6. The first-order valence-corrected chi connectivity index (χ1v) is 14.1. The second-order valence-electron chi connectivity index (χ2n) is 10.5. The van der Waals surface area contributed by atoms with E-state index in [4.69, 9.17) is 22.9 Å². The van der Waals surface area contributed by atoms with Crippen LogP contribution in [0.3, 0.4) is 0 Å². The van der Waals surface area contributed by atoms with E-state index in [2.05, 4.69) is 43.7 Å². The number of aromatic nitrogens is 3. The molecule has 0 saturated heterocycles. The van der Waals surface area contributed by atoms with Gasteiger partial charge in [0, 0.05) is 28.6 Å². The number of pyridine rings is 1. The molecule has 0 atom stereocenters. The number of rotatable bonds is 5. The minimum Gasteiger partial charge on any atom is -0.465 e. The number of benzene rings is 3. The lowest BCUT2D eigenvalue weighted by molar-refractivity contribution is 0.144. The molecule has 7 rings (SSSR count). The Balaban J connectivity index is 1.45. The maximum Gasteiger partial charge on any atom is 0.405 e. The van der Waals surface area contributed by atoms with Gasteiger partial charge in [0.1, 0.15) is 5.82 Å². The van der Waals surface area contributed by atoms with Crippen LogP contribution < -0.4 is 21.7 Å². The number of para-hydroxylation sites is 1. The van der Waals surface area contributed by atoms with Crippen molar-refractivity contribution in [2.75, 3.05) is 10.6 Å². The third-order valence-electron chi connectivity index (χ3n) is 8.02. The standard InChI is InChI=1S/C32H27N7O2S/c33-30(42)35-22-14-10-19(11-15-22)26-27(20-8-12-21(13-9-20)32(16-4-17-32)38-31(40)41)39-25-7-3-18-34-28(25)36-24-6-2-1-5-23(24)29(39)37-26/h1-3,5-15,18,38H,4,16-17H2,(H,34,36)(H,40,41)(H3,33,35,42). The van der Waals surface area contributed by atoms with Gasteiger partial charge in [-0.05, 0) is 73.4 Å². The number of thiocarbonyl (C=S) groups is 1. The van der Waals surface area contributed by atoms with Crippen LogP contribution in [0.25, 0.3) is 39.6 Å². The SMILES string of the molecule is NC(=S)Nc1ccc(-c2nc3n(c2-c2ccc(C4(NC(=O)O)CCC4)cc2)-c2cccnc2Nc2ccccc2-3)cc1. The molecule has 10 heteroatoms. The van der Waals surface area contributed by atoms with Crippen molar-refractivity contribution in [3.05, 3.63) is 96.7 Å². The molecule has 0 bridgehead atoms. The summed E-state index contributed by atoms with van der Waals surface area (Å²) in [6.45, 7) is 0. The van der Waals surface area contributed by atoms with E-state index in [-0.39, 0.29) is 5.11 Å². The molecule has 9 nitrogen and oxygen atoms in total. The lowest BCUT2D eigenvalue weighted by Crippen LogP contribution is -2.50. The zero-order valence-electron chi connectivity index (χ0n) is 22.5. The molecule has 0 spiro atoms. The second-order valence-corrected chi connectivity index (χ2v) is 11.0. The molecule has 1 fully saturated rings. The van der Waals surface area contributed by atoms with Gasteiger partial charge in [-0.25, -0.2) is 14.8 Å². The lowest BCUT2D eigenvalue weighted by Gasteiger charge is -2.42. The van der Waals surface area contributed by atoms with Crippen LogP contribution in [0.2, 0.25) is 0 Å². The van der Waals surface area contributed by atoms with E-state index >= 15 is 0 Å². The second kappa shape index (κ2) is 10.0. The molecule has 3 heterocycles. The normalized spacial score (nSPS) is 14.2. The summed E-state index contributed by atoms with van der Waals surface area (Å²) in [7, 11) is 0. The zero-order valence-corrected chi connectivity index (χ0v) is 23.3. The maximum atomic E-state index is 11.6. The minimum absolute atomic E-state index is 0.201. The summed E-state index contributed by atoms with van der Waals surface area (Å²) >= 11 is 5.01. The molecule has 2 aliphatic rings. The molecule has 2 aromatic heterocycles. The molecule has 42 heavy (non-hydrogen) atoms. The molecule has 1 aliphatic heterocycles. The van der Waals surface area contributed by atoms with Gasteiger partial charge in [-0.1, -0.05) is 48.5 Å². The fourth-order valence-corrected chi connectivity index (χ4v) is 6.03. The molecule has 3 aromatic carbocycles. The van der Waals surface area contributed by atoms with E-state index < -0.39 is 11.6 Å². The van der Waals surface area contributed by atoms with Crippen LogP contribution in [0.4, 0.5) is 22.0 Å². The van der Waals surface area contributed by atoms with Crippen LogP contribution in [0, 0.1) is 0 Å². The van der Waals surface area contributed by atoms with E-state index in [0.717, 1.165) is 81.6 Å². The zero-order chi connectivity index (χ0) is 28.8. The Morgan fingerprint density at radius 1 is 0.976 bits per heavy atom. The van der Waals surface area contributed by atoms with Gasteiger partial charge in [0.25, 0.3) is 0 Å². The van der Waals surface area contributed by atoms with Crippen LogP contribution in [-0.4, -0.2) is 30.8 Å². The van der Waals surface area contributed by atoms with Crippen molar-refractivity contribution in [1.82, 2.24) is 19.9 Å². The van der Waals surface area contributed by atoms with Crippen LogP contribution in [0.1, 0.15) is 24.8 Å². The number of nitrogens with zero attached hydrogens (tertiary/aromatic N) is 3. The molecule has 5 aromatic rings. The fourth-order valence-electron chi connectivity index (χ4n) is 5.91. The smallest absolute Gasteiger partial charge is 0.405 e. The van der Waals surface area contributed by atoms with Gasteiger partial charge in [-0.15, -0.1) is 0 Å². The Morgan fingerprint density at radius 2 is 1.71 bits per heavy atom. The third-order valence-corrected chi connectivity index (χ3v) is 8.12. The predicted octanol–water partition coefficient (Wildman–Crippen LogP) is 6.63. The number of amides is 1. The van der Waals surface area contributed by atoms with Gasteiger partial charge >= 0.3 is 6.09 Å². The summed E-state index contributed by atoms with van der Waals surface area (Å²) in [5.74, 6) is 1.51. The van der Waals surface area contributed by atoms with Crippen molar-refractivity contribution in [3.63, 3.8) is 0 Å². The Hall–Kier alpha value is -5.22. The van der Waals surface area contributed by atoms with Crippen LogP contribution in [-0.2, 0) is 5.54 Å². The number of carbonyl (C=O) groups is 1. The Bertz CT molecular complexity index is 1840. The number of hydrogen-bond donors (Lipinski definition) is 5. The highest BCUT2D eigenvalue weighted by Gasteiger charge is 2.40. The number of nitrogens with two attached hydrogens (primary N) is 1. The lowest BCUT2D eigenvalue weighted by atomic mass is 9.71. The molecular weight excluding hydrogens is 546 g/mol. The van der Waals surface area contributed by atoms with Crippen molar-refractivity contribution < 1.29 is 9.90 Å². The number of fused-ring (bicyclic) bond motifs is 5. The Morgan fingerprint density at radius 3 is 2.40 bits per heavy atom. The first-order valence-electron chi connectivity index (χ1n) is 13.7. The Kier molecular flexibility index (Phi) is 6.13. The van der Waals surface area contributed by atoms with Crippen LogP contribution >= 0.6 is 12.2 Å². The predicted molar refractivity (Wildman–Crippen MR) is 168 cm³/mol. The average molecular weight is 574 g/mol. The molecule has 1 saturated carbocycles. The van der Waals surface area contributed by atoms with E-state index in [1.54, 1.807) is 6.20 Å². The molecule has 6 N–H and O–H groups in total. The number of nitrogens with one attached hydrogen (secondary N) is 3. The molecule has 0 unspecified atom stereocenters. The summed E-state index contributed by atoms with van der Waals surface area (Å²) in [5.41, 5.74) is 13.2. The molecular formula is C32H27N7O2S. The highest BCUT2D eigenvalue weighted by Crippen LogP contribution is 2.46. The molecule has 208 valence electrons. The van der Waals surface area contributed by atoms with Crippen LogP contribution in [0.5, 0.6) is 0 Å². The summed E-state index contributed by atoms with van der Waals surface area (Å²) in [4.78, 5) is 21.5. The van der Waals surface area contributed by atoms with Crippen molar-refractivity contribution in [2.24, 2.45) is 5.73 Å². The number of imidazole rings is 1. The summed E-state index contributed by atoms with van der Waals surface area (Å²) in [5, 5.41) is 18.9. The van der Waals surface area contributed by atoms with Crippen molar-refractivity contribution >= 4 is 40.6 Å². The quantitative estimate of drug-likeness (QED) is 0.145. The first-order chi connectivity index (χ1) is 20.4. The van der Waals surface area contributed by atoms with Gasteiger partial charge in [0.05, 0.1) is 28.3 Å². The molecule has 1 aliphatic carbocycles. The van der Waals surface area contributed by atoms with Gasteiger partial charge in [-0.3, -0.25) is 4.57 Å². The number of anilines is 3. The number of hydrogen-bond acceptors (Lipinski definition) is 5. The van der Waals surface area contributed by atoms with Gasteiger partial charge < -0.3 is 26.8 Å². The minimum atomic E-state index is -1.01. The van der Waals surface area contributed by atoms with Crippen LogP contribution in [0.15, 0.2) is 91.1 Å². The molecule has 1 amide bonds. The van der Waals surface area contributed by atoms with Gasteiger partial charge in [0.2, 0.25) is 0 Å². The largest absolute Gasteiger partial charge is 0.465 e. The Labute approximate surface area is 247 Å². The average Bonchev–Trinajstić information content (AvgIpc) is 3.30. The van der Waals surface area contributed by atoms with E-state index in [9.17, 15) is 9.90 Å². The summed E-state index contributed by atoms with van der Waals surface area (Å²) in [6.07, 6.45) is 3.30. The van der Waals surface area contributed by atoms with Gasteiger partial charge in [-0.2, -0.15) is 0 Å². The van der Waals surface area contributed by atoms with E-state index in [1.807, 2.05) is 66.7 Å². The summed E-state index contributed by atoms with van der Waals surface area (Å²) in [6, 6.07) is 28.0. The third kappa shape index (κ3) is 4.33.